The summed E-state index contributed by atoms with van der Waals surface area (Å²) in [6.45, 7) is 0. The zero-order valence-corrected chi connectivity index (χ0v) is 8.78. The van der Waals surface area contributed by atoms with Gasteiger partial charge in [-0.15, -0.1) is 0 Å². The predicted octanol–water partition coefficient (Wildman–Crippen LogP) is 3.08. The summed E-state index contributed by atoms with van der Waals surface area (Å²) in [5, 5.41) is 11.5. The largest absolute Gasteiger partial charge is 0.454 e. The van der Waals surface area contributed by atoms with E-state index in [1.54, 1.807) is 6.07 Å². The van der Waals surface area contributed by atoms with Crippen LogP contribution in [0.4, 0.5) is 17.6 Å². The lowest BCUT2D eigenvalue weighted by Gasteiger charge is -2.14. The first-order valence-electron chi connectivity index (χ1n) is 4.84. The Balaban J connectivity index is 2.76. The van der Waals surface area contributed by atoms with Crippen molar-refractivity contribution in [2.75, 3.05) is 0 Å². The average molecular weight is 261 g/mol. The van der Waals surface area contributed by atoms with E-state index in [0.29, 0.717) is 6.07 Å². The van der Waals surface area contributed by atoms with Gasteiger partial charge in [-0.2, -0.15) is 8.78 Å². The highest BCUT2D eigenvalue weighted by atomic mass is 19.3. The zero-order valence-electron chi connectivity index (χ0n) is 8.78. The van der Waals surface area contributed by atoms with E-state index in [-0.39, 0.29) is 16.3 Å². The number of fused-ring (bicyclic) bond motifs is 1. The molecule has 7 heteroatoms. The standard InChI is InChI=1S/C11H7F4NO2/c12-10(13)11(14,15)9-5-7(16-17)6-3-1-2-4-8(6)18-9/h1-5,10,17H/b16-7-. The second-order valence-electron chi connectivity index (χ2n) is 3.52. The quantitative estimate of drug-likeness (QED) is 0.513. The van der Waals surface area contributed by atoms with E-state index in [2.05, 4.69) is 5.16 Å². The molecule has 0 unspecified atom stereocenters. The third-order valence-electron chi connectivity index (χ3n) is 2.36. The van der Waals surface area contributed by atoms with E-state index in [1.165, 1.54) is 18.2 Å². The van der Waals surface area contributed by atoms with Crippen LogP contribution in [0.2, 0.25) is 0 Å². The van der Waals surface area contributed by atoms with E-state index >= 15 is 0 Å². The van der Waals surface area contributed by atoms with Gasteiger partial charge < -0.3 is 9.62 Å². The lowest BCUT2D eigenvalue weighted by Crippen LogP contribution is -2.25. The zero-order chi connectivity index (χ0) is 13.3. The first-order valence-corrected chi connectivity index (χ1v) is 4.84. The fraction of sp³-hybridized carbons (Fsp3) is 0.182. The number of rotatable bonds is 2. The molecule has 2 rings (SSSR count). The van der Waals surface area contributed by atoms with E-state index in [4.69, 9.17) is 9.62 Å². The Hall–Kier alpha value is -2.05. The van der Waals surface area contributed by atoms with Crippen LogP contribution in [-0.4, -0.2) is 11.6 Å². The molecule has 1 N–H and O–H groups in total. The van der Waals surface area contributed by atoms with Crippen LogP contribution in [0, 0.1) is 0 Å². The van der Waals surface area contributed by atoms with Gasteiger partial charge in [-0.25, -0.2) is 8.78 Å². The van der Waals surface area contributed by atoms with Crippen molar-refractivity contribution in [1.82, 2.24) is 0 Å². The van der Waals surface area contributed by atoms with Crippen LogP contribution in [0.25, 0.3) is 11.0 Å². The van der Waals surface area contributed by atoms with Crippen LogP contribution >= 0.6 is 0 Å². The number of para-hydroxylation sites is 1. The summed E-state index contributed by atoms with van der Waals surface area (Å²) >= 11 is 0. The molecule has 0 saturated carbocycles. The van der Waals surface area contributed by atoms with Crippen molar-refractivity contribution in [3.63, 3.8) is 0 Å². The van der Waals surface area contributed by atoms with E-state index in [9.17, 15) is 17.6 Å². The highest BCUT2D eigenvalue weighted by Gasteiger charge is 2.45. The lowest BCUT2D eigenvalue weighted by atomic mass is 10.2. The van der Waals surface area contributed by atoms with Crippen LogP contribution in [-0.2, 0) is 5.92 Å². The fourth-order valence-corrected chi connectivity index (χ4v) is 1.47. The normalized spacial score (nSPS) is 13.5. The maximum atomic E-state index is 13.2. The van der Waals surface area contributed by atoms with Gasteiger partial charge in [0.05, 0.1) is 0 Å². The number of alkyl halides is 4. The van der Waals surface area contributed by atoms with Crippen molar-refractivity contribution in [2.45, 2.75) is 12.3 Å². The van der Waals surface area contributed by atoms with Crippen molar-refractivity contribution >= 4 is 11.0 Å². The Morgan fingerprint density at radius 1 is 1.22 bits per heavy atom. The minimum Gasteiger partial charge on any atom is -0.454 e. The van der Waals surface area contributed by atoms with Gasteiger partial charge in [0.15, 0.2) is 5.76 Å². The molecular weight excluding hydrogens is 254 g/mol. The molecule has 1 aromatic heterocycles. The summed E-state index contributed by atoms with van der Waals surface area (Å²) in [5.41, 5.74) is -0.0666. The van der Waals surface area contributed by atoms with Crippen LogP contribution in [0.3, 0.4) is 0 Å². The van der Waals surface area contributed by atoms with Crippen molar-refractivity contribution in [2.24, 2.45) is 5.16 Å². The molecule has 0 saturated heterocycles. The van der Waals surface area contributed by atoms with Crippen LogP contribution in [0.15, 0.2) is 39.9 Å². The molecule has 0 amide bonds. The van der Waals surface area contributed by atoms with Gasteiger partial charge in [-0.05, 0) is 12.1 Å². The summed E-state index contributed by atoms with van der Waals surface area (Å²) < 4.78 is 55.5. The van der Waals surface area contributed by atoms with Crippen LogP contribution in [0.1, 0.15) is 5.76 Å². The maximum Gasteiger partial charge on any atom is 0.363 e. The summed E-state index contributed by atoms with van der Waals surface area (Å²) in [7, 11) is 0. The van der Waals surface area contributed by atoms with E-state index in [1.807, 2.05) is 0 Å². The number of hydrogen-bond acceptors (Lipinski definition) is 3. The molecule has 1 aromatic carbocycles. The smallest absolute Gasteiger partial charge is 0.363 e. The van der Waals surface area contributed by atoms with Crippen LogP contribution < -0.4 is 5.36 Å². The second-order valence-corrected chi connectivity index (χ2v) is 3.52. The minimum absolute atomic E-state index is 0.0666. The molecule has 0 aliphatic rings. The fourth-order valence-electron chi connectivity index (χ4n) is 1.47. The van der Waals surface area contributed by atoms with Gasteiger partial charge in [-0.3, -0.25) is 0 Å². The first-order chi connectivity index (χ1) is 8.46. The first kappa shape index (κ1) is 12.4. The maximum absolute atomic E-state index is 13.2. The Labute approximate surface area is 98.0 Å². The Bertz CT molecular complexity index is 636. The number of nitrogens with zero attached hydrogens (tertiary/aromatic N) is 1. The number of benzene rings is 1. The third-order valence-corrected chi connectivity index (χ3v) is 2.36. The highest BCUT2D eigenvalue weighted by molar-refractivity contribution is 5.75. The molecule has 0 aliphatic heterocycles. The summed E-state index contributed by atoms with van der Waals surface area (Å²) in [6, 6.07) is 6.41. The molecule has 0 radical (unpaired) electrons. The molecule has 0 fully saturated rings. The lowest BCUT2D eigenvalue weighted by molar-refractivity contribution is -0.147. The molecule has 18 heavy (non-hydrogen) atoms. The molecular formula is C11H7F4NO2. The van der Waals surface area contributed by atoms with Gasteiger partial charge in [0.1, 0.15) is 10.9 Å². The SMILES string of the molecule is O/N=c1/cc(C(F)(F)C(F)F)oc2ccccc12. The molecule has 0 atom stereocenters. The van der Waals surface area contributed by atoms with Crippen molar-refractivity contribution < 1.29 is 27.2 Å². The minimum atomic E-state index is -4.44. The molecule has 0 bridgehead atoms. The monoisotopic (exact) mass is 261 g/mol. The van der Waals surface area contributed by atoms with Gasteiger partial charge >= 0.3 is 12.3 Å². The molecule has 0 spiro atoms. The second kappa shape index (κ2) is 4.32. The molecule has 96 valence electrons. The summed E-state index contributed by atoms with van der Waals surface area (Å²) in [5.74, 6) is -5.69. The topological polar surface area (TPSA) is 45.7 Å². The summed E-state index contributed by atoms with van der Waals surface area (Å²) in [6.07, 6.45) is -3.91. The molecule has 1 heterocycles. The molecule has 3 nitrogen and oxygen atoms in total. The Kier molecular flexibility index (Phi) is 2.98. The highest BCUT2D eigenvalue weighted by Crippen LogP contribution is 2.34. The number of halogens is 4. The predicted molar refractivity (Wildman–Crippen MR) is 53.5 cm³/mol. The Morgan fingerprint density at radius 2 is 1.89 bits per heavy atom. The van der Waals surface area contributed by atoms with Gasteiger partial charge in [0.25, 0.3) is 0 Å². The van der Waals surface area contributed by atoms with Crippen molar-refractivity contribution in [3.05, 3.63) is 41.4 Å². The van der Waals surface area contributed by atoms with E-state index < -0.39 is 18.1 Å². The van der Waals surface area contributed by atoms with Gasteiger partial charge in [0, 0.05) is 11.5 Å². The van der Waals surface area contributed by atoms with Crippen LogP contribution in [0.5, 0.6) is 0 Å². The Morgan fingerprint density at radius 3 is 2.50 bits per heavy atom. The molecule has 0 aliphatic carbocycles. The molecule has 2 aromatic rings. The van der Waals surface area contributed by atoms with E-state index in [0.717, 1.165) is 0 Å². The van der Waals surface area contributed by atoms with Gasteiger partial charge in [-0.1, -0.05) is 17.3 Å². The average Bonchev–Trinajstić information content (AvgIpc) is 2.37. The van der Waals surface area contributed by atoms with Crippen molar-refractivity contribution in [1.29, 1.82) is 0 Å². The third kappa shape index (κ3) is 1.92. The van der Waals surface area contributed by atoms with Gasteiger partial charge in [0.2, 0.25) is 0 Å². The van der Waals surface area contributed by atoms with Crippen molar-refractivity contribution in [3.8, 4) is 0 Å². The number of hydrogen-bond donors (Lipinski definition) is 1. The summed E-state index contributed by atoms with van der Waals surface area (Å²) in [4.78, 5) is 0.